The molecule has 2 heterocycles. The Bertz CT molecular complexity index is 1020. The van der Waals surface area contributed by atoms with Crippen LogP contribution in [0.1, 0.15) is 41.6 Å². The van der Waals surface area contributed by atoms with Crippen molar-refractivity contribution in [2.24, 2.45) is 5.92 Å². The molecule has 0 spiro atoms. The summed E-state index contributed by atoms with van der Waals surface area (Å²) in [4.78, 5) is 40.8. The van der Waals surface area contributed by atoms with Crippen molar-refractivity contribution in [1.29, 1.82) is 0 Å². The summed E-state index contributed by atoms with van der Waals surface area (Å²) in [7, 11) is 0. The van der Waals surface area contributed by atoms with Crippen molar-refractivity contribution in [3.05, 3.63) is 63.7 Å². The van der Waals surface area contributed by atoms with E-state index in [2.05, 4.69) is 5.32 Å². The molecule has 32 heavy (non-hydrogen) atoms. The van der Waals surface area contributed by atoms with Gasteiger partial charge in [-0.1, -0.05) is 24.3 Å². The van der Waals surface area contributed by atoms with Crippen molar-refractivity contribution in [3.63, 3.8) is 0 Å². The summed E-state index contributed by atoms with van der Waals surface area (Å²) >= 11 is 0. The first-order valence-corrected chi connectivity index (χ1v) is 11.1. The fraction of sp³-hybridized carbons (Fsp3) is 0.417. The van der Waals surface area contributed by atoms with E-state index in [0.717, 1.165) is 31.5 Å². The molecule has 0 unspecified atom stereocenters. The van der Waals surface area contributed by atoms with Gasteiger partial charge in [0.05, 0.1) is 16.2 Å². The lowest BCUT2D eigenvalue weighted by Crippen LogP contribution is -2.38. The molecule has 2 saturated heterocycles. The van der Waals surface area contributed by atoms with Crippen LogP contribution in [-0.2, 0) is 4.79 Å². The molecule has 0 aliphatic carbocycles. The summed E-state index contributed by atoms with van der Waals surface area (Å²) in [5.41, 5.74) is 2.67. The maximum absolute atomic E-state index is 13.1. The second-order valence-corrected chi connectivity index (χ2v) is 8.49. The van der Waals surface area contributed by atoms with Crippen molar-refractivity contribution in [2.75, 3.05) is 36.4 Å². The predicted octanol–water partition coefficient (Wildman–Crippen LogP) is 3.99. The zero-order valence-electron chi connectivity index (χ0n) is 18.3. The summed E-state index contributed by atoms with van der Waals surface area (Å²) in [6, 6.07) is 12.2. The maximum Gasteiger partial charge on any atom is 0.292 e. The van der Waals surface area contributed by atoms with Crippen molar-refractivity contribution in [1.82, 2.24) is 4.90 Å². The third-order valence-corrected chi connectivity index (χ3v) is 6.43. The summed E-state index contributed by atoms with van der Waals surface area (Å²) in [6.07, 6.45) is 3.22. The monoisotopic (exact) mass is 436 g/mol. The smallest absolute Gasteiger partial charge is 0.292 e. The lowest BCUT2D eigenvalue weighted by atomic mass is 9.94. The minimum atomic E-state index is -0.370. The molecule has 2 aromatic carbocycles. The third kappa shape index (κ3) is 4.44. The highest BCUT2D eigenvalue weighted by atomic mass is 16.6. The van der Waals surface area contributed by atoms with Crippen LogP contribution >= 0.6 is 0 Å². The number of anilines is 2. The van der Waals surface area contributed by atoms with E-state index in [-0.39, 0.29) is 28.3 Å². The molecular weight excluding hydrogens is 408 g/mol. The van der Waals surface area contributed by atoms with Gasteiger partial charge in [-0.05, 0) is 50.3 Å². The molecule has 1 N–H and O–H groups in total. The van der Waals surface area contributed by atoms with Gasteiger partial charge < -0.3 is 15.1 Å². The zero-order valence-corrected chi connectivity index (χ0v) is 18.3. The van der Waals surface area contributed by atoms with E-state index in [1.54, 1.807) is 24.3 Å². The van der Waals surface area contributed by atoms with Crippen LogP contribution in [0.15, 0.2) is 42.5 Å². The summed E-state index contributed by atoms with van der Waals surface area (Å²) < 4.78 is 0. The molecular formula is C24H28N4O4. The van der Waals surface area contributed by atoms with Crippen LogP contribution in [0.4, 0.5) is 17.1 Å². The van der Waals surface area contributed by atoms with Gasteiger partial charge in [0.15, 0.2) is 0 Å². The van der Waals surface area contributed by atoms with Gasteiger partial charge in [0, 0.05) is 38.2 Å². The van der Waals surface area contributed by atoms with Crippen LogP contribution in [-0.4, -0.2) is 47.8 Å². The number of nitrogens with one attached hydrogen (secondary N) is 1. The first-order valence-electron chi connectivity index (χ1n) is 11.1. The Morgan fingerprint density at radius 3 is 2.38 bits per heavy atom. The largest absolute Gasteiger partial charge is 0.366 e. The Morgan fingerprint density at radius 1 is 1.00 bits per heavy atom. The van der Waals surface area contributed by atoms with Crippen LogP contribution in [0.5, 0.6) is 0 Å². The van der Waals surface area contributed by atoms with Crippen molar-refractivity contribution in [3.8, 4) is 0 Å². The molecule has 0 bridgehead atoms. The number of hydrogen-bond acceptors (Lipinski definition) is 5. The van der Waals surface area contributed by atoms with Crippen LogP contribution in [0.3, 0.4) is 0 Å². The highest BCUT2D eigenvalue weighted by Crippen LogP contribution is 2.32. The number of carbonyl (C=O) groups excluding carboxylic acids is 2. The Morgan fingerprint density at radius 2 is 1.69 bits per heavy atom. The highest BCUT2D eigenvalue weighted by molar-refractivity contribution is 6.05. The Balaban J connectivity index is 1.44. The molecule has 2 aromatic rings. The number of aryl methyl sites for hydroxylation is 1. The maximum atomic E-state index is 13.1. The summed E-state index contributed by atoms with van der Waals surface area (Å²) in [5.74, 6) is -0.340. The molecule has 0 saturated carbocycles. The first kappa shape index (κ1) is 21.8. The van der Waals surface area contributed by atoms with Crippen LogP contribution in [0.2, 0.25) is 0 Å². The molecule has 2 fully saturated rings. The number of carbonyl (C=O) groups is 2. The van der Waals surface area contributed by atoms with E-state index in [1.165, 1.54) is 6.07 Å². The second kappa shape index (κ2) is 9.38. The van der Waals surface area contributed by atoms with Crippen molar-refractivity contribution >= 4 is 28.9 Å². The standard InChI is InChI=1S/C24H28N4O4/c1-17-7-6-8-19(24(30)27-13-4-5-14-27)22(17)25-23(29)18-11-15-26(16-12-18)20-9-2-3-10-21(20)28(31)32/h2-3,6-10,18H,4-5,11-16H2,1H3,(H,25,29). The molecule has 8 heteroatoms. The normalized spacial score (nSPS) is 16.8. The van der Waals surface area contributed by atoms with E-state index in [1.807, 2.05) is 28.9 Å². The number of nitro benzene ring substituents is 1. The van der Waals surface area contributed by atoms with E-state index >= 15 is 0 Å². The van der Waals surface area contributed by atoms with Crippen LogP contribution in [0, 0.1) is 23.0 Å². The predicted molar refractivity (Wildman–Crippen MR) is 123 cm³/mol. The Hall–Kier alpha value is -3.42. The summed E-state index contributed by atoms with van der Waals surface area (Å²) in [6.45, 7) is 4.54. The van der Waals surface area contributed by atoms with E-state index < -0.39 is 0 Å². The van der Waals surface area contributed by atoms with Gasteiger partial charge >= 0.3 is 0 Å². The highest BCUT2D eigenvalue weighted by Gasteiger charge is 2.30. The number of likely N-dealkylation sites (tertiary alicyclic amines) is 1. The van der Waals surface area contributed by atoms with E-state index in [4.69, 9.17) is 0 Å². The lowest BCUT2D eigenvalue weighted by Gasteiger charge is -2.32. The first-order chi connectivity index (χ1) is 15.5. The Labute approximate surface area is 187 Å². The van der Waals surface area contributed by atoms with Gasteiger partial charge in [0.1, 0.15) is 5.69 Å². The number of hydrogen-bond donors (Lipinski definition) is 1. The topological polar surface area (TPSA) is 95.8 Å². The molecule has 168 valence electrons. The van der Waals surface area contributed by atoms with E-state index in [9.17, 15) is 19.7 Å². The minimum Gasteiger partial charge on any atom is -0.366 e. The van der Waals surface area contributed by atoms with Crippen molar-refractivity contribution in [2.45, 2.75) is 32.6 Å². The molecule has 0 atom stereocenters. The fourth-order valence-electron chi connectivity index (χ4n) is 4.60. The molecule has 4 rings (SSSR count). The number of rotatable bonds is 5. The number of benzene rings is 2. The lowest BCUT2D eigenvalue weighted by molar-refractivity contribution is -0.384. The number of nitrogens with zero attached hydrogens (tertiary/aromatic N) is 3. The fourth-order valence-corrected chi connectivity index (χ4v) is 4.60. The molecule has 0 aromatic heterocycles. The number of amides is 2. The van der Waals surface area contributed by atoms with Crippen molar-refractivity contribution < 1.29 is 14.5 Å². The quantitative estimate of drug-likeness (QED) is 0.565. The average Bonchev–Trinajstić information content (AvgIpc) is 3.35. The third-order valence-electron chi connectivity index (χ3n) is 6.43. The number of piperidine rings is 1. The molecule has 2 aliphatic heterocycles. The second-order valence-electron chi connectivity index (χ2n) is 8.49. The van der Waals surface area contributed by atoms with E-state index in [0.29, 0.717) is 42.9 Å². The number of para-hydroxylation sites is 3. The van der Waals surface area contributed by atoms with Gasteiger partial charge in [0.25, 0.3) is 11.6 Å². The molecule has 2 aliphatic rings. The van der Waals surface area contributed by atoms with Crippen LogP contribution in [0.25, 0.3) is 0 Å². The SMILES string of the molecule is Cc1cccc(C(=O)N2CCCC2)c1NC(=O)C1CCN(c2ccccc2[N+](=O)[O-])CC1. The zero-order chi connectivity index (χ0) is 22.7. The van der Waals surface area contributed by atoms with Gasteiger partial charge in [-0.25, -0.2) is 0 Å². The Kier molecular flexibility index (Phi) is 6.39. The minimum absolute atomic E-state index is 0.0345. The van der Waals surface area contributed by atoms with Crippen LogP contribution < -0.4 is 10.2 Å². The van der Waals surface area contributed by atoms with Gasteiger partial charge in [0.2, 0.25) is 5.91 Å². The van der Waals surface area contributed by atoms with Gasteiger partial charge in [-0.15, -0.1) is 0 Å². The van der Waals surface area contributed by atoms with Gasteiger partial charge in [-0.2, -0.15) is 0 Å². The summed E-state index contributed by atoms with van der Waals surface area (Å²) in [5, 5.41) is 14.4. The van der Waals surface area contributed by atoms with Gasteiger partial charge in [-0.3, -0.25) is 19.7 Å². The average molecular weight is 437 g/mol. The molecule has 0 radical (unpaired) electrons. The number of nitro groups is 1. The molecule has 2 amide bonds. The molecule has 8 nitrogen and oxygen atoms in total.